The molecule has 2 amide bonds. The molecule has 3 rings (SSSR count). The number of thiophene rings is 1. The first-order chi connectivity index (χ1) is 14.1. The third kappa shape index (κ3) is 5.45. The summed E-state index contributed by atoms with van der Waals surface area (Å²) < 4.78 is 0. The van der Waals surface area contributed by atoms with Gasteiger partial charge in [0.05, 0.1) is 4.88 Å². The van der Waals surface area contributed by atoms with Gasteiger partial charge in [0.25, 0.3) is 11.8 Å². The van der Waals surface area contributed by atoms with E-state index in [1.807, 2.05) is 23.6 Å². The molecule has 2 N–H and O–H groups in total. The molecule has 0 bridgehead atoms. The Hall–Kier alpha value is -3.12. The molecule has 0 saturated carbocycles. The van der Waals surface area contributed by atoms with Gasteiger partial charge >= 0.3 is 0 Å². The second kappa shape index (κ2) is 9.89. The van der Waals surface area contributed by atoms with Crippen molar-refractivity contribution in [2.24, 2.45) is 0 Å². The maximum Gasteiger partial charge on any atom is 0.265 e. The van der Waals surface area contributed by atoms with E-state index in [0.29, 0.717) is 22.7 Å². The second-order valence-electron chi connectivity index (χ2n) is 6.63. The van der Waals surface area contributed by atoms with Crippen molar-refractivity contribution in [1.29, 1.82) is 0 Å². The van der Waals surface area contributed by atoms with Crippen molar-refractivity contribution in [2.75, 3.05) is 29.9 Å². The first-order valence-electron chi connectivity index (χ1n) is 9.62. The van der Waals surface area contributed by atoms with Gasteiger partial charge in [-0.2, -0.15) is 0 Å². The lowest BCUT2D eigenvalue weighted by Gasteiger charge is -2.25. The highest BCUT2D eigenvalue weighted by Crippen LogP contribution is 2.18. The average molecular weight is 408 g/mol. The lowest BCUT2D eigenvalue weighted by Crippen LogP contribution is -2.35. The number of hydrogen-bond acceptors (Lipinski definition) is 4. The van der Waals surface area contributed by atoms with Crippen LogP contribution < -0.4 is 15.5 Å². The van der Waals surface area contributed by atoms with Crippen LogP contribution in [0.5, 0.6) is 0 Å². The number of aryl methyl sites for hydroxylation is 1. The molecule has 0 fully saturated rings. The minimum atomic E-state index is -0.145. The lowest BCUT2D eigenvalue weighted by atomic mass is 10.1. The first kappa shape index (κ1) is 20.6. The minimum Gasteiger partial charge on any atom is -0.370 e. The van der Waals surface area contributed by atoms with Crippen LogP contribution in [0.15, 0.2) is 66.0 Å². The third-order valence-electron chi connectivity index (χ3n) is 4.66. The van der Waals surface area contributed by atoms with Crippen LogP contribution in [0, 0.1) is 6.92 Å². The lowest BCUT2D eigenvalue weighted by molar-refractivity contribution is 0.0954. The van der Waals surface area contributed by atoms with Crippen LogP contribution in [-0.2, 0) is 0 Å². The largest absolute Gasteiger partial charge is 0.370 e. The Morgan fingerprint density at radius 2 is 1.72 bits per heavy atom. The quantitative estimate of drug-likeness (QED) is 0.575. The van der Waals surface area contributed by atoms with Gasteiger partial charge in [-0.3, -0.25) is 9.59 Å². The van der Waals surface area contributed by atoms with Crippen molar-refractivity contribution in [3.63, 3.8) is 0 Å². The number of likely N-dealkylation sites (N-methyl/N-ethyl adjacent to an activating group) is 1. The van der Waals surface area contributed by atoms with Crippen LogP contribution >= 0.6 is 11.3 Å². The van der Waals surface area contributed by atoms with Gasteiger partial charge in [0, 0.05) is 36.6 Å². The van der Waals surface area contributed by atoms with Crippen LogP contribution in [0.25, 0.3) is 0 Å². The van der Waals surface area contributed by atoms with Crippen LogP contribution in [0.3, 0.4) is 0 Å². The fourth-order valence-electron chi connectivity index (χ4n) is 3.08. The van der Waals surface area contributed by atoms with Gasteiger partial charge in [-0.15, -0.1) is 11.3 Å². The zero-order chi connectivity index (χ0) is 20.6. The van der Waals surface area contributed by atoms with Gasteiger partial charge < -0.3 is 15.5 Å². The molecule has 0 saturated heterocycles. The summed E-state index contributed by atoms with van der Waals surface area (Å²) in [5, 5.41) is 7.66. The van der Waals surface area contributed by atoms with E-state index in [-0.39, 0.29) is 11.8 Å². The molecule has 150 valence electrons. The summed E-state index contributed by atoms with van der Waals surface area (Å²) >= 11 is 1.39. The zero-order valence-corrected chi connectivity index (χ0v) is 17.5. The van der Waals surface area contributed by atoms with Crippen LogP contribution in [0.2, 0.25) is 0 Å². The summed E-state index contributed by atoms with van der Waals surface area (Å²) in [6.07, 6.45) is 0. The van der Waals surface area contributed by atoms with Crippen LogP contribution in [0.4, 0.5) is 11.4 Å². The third-order valence-corrected chi connectivity index (χ3v) is 5.52. The minimum absolute atomic E-state index is 0.123. The van der Waals surface area contributed by atoms with Gasteiger partial charge in [-0.05, 0) is 61.2 Å². The van der Waals surface area contributed by atoms with Gasteiger partial charge in [-0.25, -0.2) is 0 Å². The highest BCUT2D eigenvalue weighted by Gasteiger charge is 2.10. The van der Waals surface area contributed by atoms with Gasteiger partial charge in [-0.1, -0.05) is 24.3 Å². The summed E-state index contributed by atoms with van der Waals surface area (Å²) in [5.74, 6) is -0.268. The standard InChI is InChI=1S/C23H25N3O2S/c1-3-26(20-8-5-4-7-17(20)2)15-14-24-22(27)18-10-12-19(13-11-18)25-23(28)21-9-6-16-29-21/h4-13,16H,3,14-15H2,1-2H3,(H,24,27)(H,25,28). The van der Waals surface area contributed by atoms with Gasteiger partial charge in [0.1, 0.15) is 0 Å². The Kier molecular flexibility index (Phi) is 7.03. The Bertz CT molecular complexity index is 953. The summed E-state index contributed by atoms with van der Waals surface area (Å²) in [7, 11) is 0. The molecule has 2 aromatic carbocycles. The van der Waals surface area contributed by atoms with E-state index in [0.717, 1.165) is 13.1 Å². The molecule has 0 unspecified atom stereocenters. The highest BCUT2D eigenvalue weighted by atomic mass is 32.1. The molecule has 0 aliphatic rings. The number of rotatable bonds is 8. The molecule has 0 aliphatic carbocycles. The van der Waals surface area contributed by atoms with E-state index >= 15 is 0 Å². The number of para-hydroxylation sites is 1. The van der Waals surface area contributed by atoms with Crippen molar-refractivity contribution >= 4 is 34.5 Å². The number of amides is 2. The van der Waals surface area contributed by atoms with E-state index < -0.39 is 0 Å². The molecule has 0 radical (unpaired) electrons. The summed E-state index contributed by atoms with van der Waals surface area (Å²) in [6, 6.07) is 18.8. The molecular weight excluding hydrogens is 382 g/mol. The van der Waals surface area contributed by atoms with Gasteiger partial charge in [0.15, 0.2) is 0 Å². The molecule has 29 heavy (non-hydrogen) atoms. The van der Waals surface area contributed by atoms with E-state index in [1.165, 1.54) is 22.6 Å². The summed E-state index contributed by atoms with van der Waals surface area (Å²) in [4.78, 5) is 27.4. The molecule has 0 spiro atoms. The average Bonchev–Trinajstić information content (AvgIpc) is 3.27. The number of hydrogen-bond donors (Lipinski definition) is 2. The van der Waals surface area contributed by atoms with Crippen molar-refractivity contribution in [1.82, 2.24) is 5.32 Å². The fraction of sp³-hybridized carbons (Fsp3) is 0.217. The smallest absolute Gasteiger partial charge is 0.265 e. The molecule has 6 heteroatoms. The zero-order valence-electron chi connectivity index (χ0n) is 16.6. The Labute approximate surface area is 175 Å². The molecule has 0 aliphatic heterocycles. The topological polar surface area (TPSA) is 61.4 Å². The van der Waals surface area contributed by atoms with Crippen molar-refractivity contribution < 1.29 is 9.59 Å². The normalized spacial score (nSPS) is 10.4. The molecule has 1 aromatic heterocycles. The first-order valence-corrected chi connectivity index (χ1v) is 10.5. The van der Waals surface area contributed by atoms with Crippen molar-refractivity contribution in [3.05, 3.63) is 82.0 Å². The summed E-state index contributed by atoms with van der Waals surface area (Å²) in [6.45, 7) is 6.37. The maximum atomic E-state index is 12.4. The van der Waals surface area contributed by atoms with Crippen LogP contribution in [0.1, 0.15) is 32.5 Å². The molecule has 3 aromatic rings. The number of nitrogens with one attached hydrogen (secondary N) is 2. The fourth-order valence-corrected chi connectivity index (χ4v) is 3.70. The molecular formula is C23H25N3O2S. The van der Waals surface area contributed by atoms with Crippen molar-refractivity contribution in [2.45, 2.75) is 13.8 Å². The Morgan fingerprint density at radius 3 is 2.38 bits per heavy atom. The van der Waals surface area contributed by atoms with E-state index in [2.05, 4.69) is 41.5 Å². The van der Waals surface area contributed by atoms with Crippen LogP contribution in [-0.4, -0.2) is 31.4 Å². The Morgan fingerprint density at radius 1 is 0.966 bits per heavy atom. The highest BCUT2D eigenvalue weighted by molar-refractivity contribution is 7.12. The summed E-state index contributed by atoms with van der Waals surface area (Å²) in [5.41, 5.74) is 3.64. The van der Waals surface area contributed by atoms with E-state index in [9.17, 15) is 9.59 Å². The van der Waals surface area contributed by atoms with E-state index in [4.69, 9.17) is 0 Å². The number of anilines is 2. The predicted octanol–water partition coefficient (Wildman–Crippen LogP) is 4.57. The molecule has 0 atom stereocenters. The number of benzene rings is 2. The number of nitrogens with zero attached hydrogens (tertiary/aromatic N) is 1. The number of carbonyl (C=O) groups is 2. The maximum absolute atomic E-state index is 12.4. The SMILES string of the molecule is CCN(CCNC(=O)c1ccc(NC(=O)c2cccs2)cc1)c1ccccc1C. The molecule has 5 nitrogen and oxygen atoms in total. The number of carbonyl (C=O) groups excluding carboxylic acids is 2. The van der Waals surface area contributed by atoms with Crippen molar-refractivity contribution in [3.8, 4) is 0 Å². The second-order valence-corrected chi connectivity index (χ2v) is 7.58. The molecule has 1 heterocycles. The Balaban J connectivity index is 1.51. The monoisotopic (exact) mass is 407 g/mol. The van der Waals surface area contributed by atoms with E-state index in [1.54, 1.807) is 30.3 Å². The van der Waals surface area contributed by atoms with Gasteiger partial charge in [0.2, 0.25) is 0 Å². The predicted molar refractivity (Wildman–Crippen MR) is 120 cm³/mol.